The van der Waals surface area contributed by atoms with E-state index >= 15 is 0 Å². The standard InChI is InChI=1S/C18H18N2O4S3/c1-11(2)14-9-26-18(20-14)13-6-17(25-8-13)27(21,22)19-7-12-3-4-15-16(5-12)24-10-23-15/h3-6,8-9,11,19H,7,10H2,1-2H3. The van der Waals surface area contributed by atoms with Crippen molar-refractivity contribution in [3.63, 3.8) is 0 Å². The lowest BCUT2D eigenvalue weighted by atomic mass is 10.2. The van der Waals surface area contributed by atoms with Crippen molar-refractivity contribution in [1.29, 1.82) is 0 Å². The van der Waals surface area contributed by atoms with Gasteiger partial charge in [0.2, 0.25) is 16.8 Å². The molecule has 3 aromatic rings. The smallest absolute Gasteiger partial charge is 0.250 e. The average Bonchev–Trinajstić information content (AvgIpc) is 3.38. The lowest BCUT2D eigenvalue weighted by Crippen LogP contribution is -2.22. The number of nitrogens with one attached hydrogen (secondary N) is 1. The van der Waals surface area contributed by atoms with E-state index in [1.165, 1.54) is 22.7 Å². The van der Waals surface area contributed by atoms with Crippen LogP contribution in [0.15, 0.2) is 39.2 Å². The van der Waals surface area contributed by atoms with E-state index in [0.29, 0.717) is 17.4 Å². The molecule has 6 nitrogen and oxygen atoms in total. The van der Waals surface area contributed by atoms with Crippen LogP contribution in [0.1, 0.15) is 31.0 Å². The summed E-state index contributed by atoms with van der Waals surface area (Å²) in [7, 11) is -3.60. The van der Waals surface area contributed by atoms with Gasteiger partial charge in [-0.3, -0.25) is 0 Å². The molecule has 0 atom stereocenters. The minimum absolute atomic E-state index is 0.182. The Balaban J connectivity index is 1.48. The Kier molecular flexibility index (Phi) is 4.94. The van der Waals surface area contributed by atoms with E-state index in [1.807, 2.05) is 16.8 Å². The largest absolute Gasteiger partial charge is 0.454 e. The fraction of sp³-hybridized carbons (Fsp3) is 0.278. The highest BCUT2D eigenvalue weighted by Crippen LogP contribution is 2.34. The number of benzene rings is 1. The summed E-state index contributed by atoms with van der Waals surface area (Å²) in [6, 6.07) is 7.06. The van der Waals surface area contributed by atoms with E-state index in [2.05, 4.69) is 23.6 Å². The van der Waals surface area contributed by atoms with Gasteiger partial charge in [-0.25, -0.2) is 18.1 Å². The lowest BCUT2D eigenvalue weighted by Gasteiger charge is -2.05. The zero-order valence-corrected chi connectivity index (χ0v) is 17.2. The summed E-state index contributed by atoms with van der Waals surface area (Å²) in [6.07, 6.45) is 0. The number of aromatic nitrogens is 1. The molecule has 4 rings (SSSR count). The SMILES string of the molecule is CC(C)c1csc(-c2csc(S(=O)(=O)NCc3ccc4c(c3)OCO4)c2)n1. The number of rotatable bonds is 6. The first-order valence-corrected chi connectivity index (χ1v) is 11.6. The van der Waals surface area contributed by atoms with Gasteiger partial charge in [-0.05, 0) is 29.7 Å². The summed E-state index contributed by atoms with van der Waals surface area (Å²) in [5.74, 6) is 1.66. The van der Waals surface area contributed by atoms with E-state index in [0.717, 1.165) is 21.8 Å². The number of hydrogen-bond donors (Lipinski definition) is 1. The van der Waals surface area contributed by atoms with Gasteiger partial charge in [0.25, 0.3) is 0 Å². The van der Waals surface area contributed by atoms with Crippen LogP contribution in [0.3, 0.4) is 0 Å². The number of fused-ring (bicyclic) bond motifs is 1. The van der Waals surface area contributed by atoms with Gasteiger partial charge in [0.05, 0.1) is 5.69 Å². The maximum atomic E-state index is 12.6. The average molecular weight is 423 g/mol. The molecule has 27 heavy (non-hydrogen) atoms. The van der Waals surface area contributed by atoms with Gasteiger partial charge in [0, 0.05) is 22.9 Å². The Hall–Kier alpha value is -1.94. The molecule has 1 aromatic carbocycles. The van der Waals surface area contributed by atoms with Gasteiger partial charge in [0.15, 0.2) is 11.5 Å². The molecule has 1 aliphatic heterocycles. The van der Waals surface area contributed by atoms with Crippen LogP contribution in [-0.4, -0.2) is 20.2 Å². The Morgan fingerprint density at radius 1 is 1.15 bits per heavy atom. The van der Waals surface area contributed by atoms with Gasteiger partial charge in [-0.2, -0.15) is 0 Å². The maximum Gasteiger partial charge on any atom is 0.250 e. The van der Waals surface area contributed by atoms with Crippen molar-refractivity contribution in [1.82, 2.24) is 9.71 Å². The molecule has 0 radical (unpaired) electrons. The number of sulfonamides is 1. The van der Waals surface area contributed by atoms with Crippen LogP contribution in [0.25, 0.3) is 10.6 Å². The molecular formula is C18H18N2O4S3. The van der Waals surface area contributed by atoms with Gasteiger partial charge < -0.3 is 9.47 Å². The van der Waals surface area contributed by atoms with Crippen molar-refractivity contribution in [2.24, 2.45) is 0 Å². The van der Waals surface area contributed by atoms with Crippen LogP contribution >= 0.6 is 22.7 Å². The summed E-state index contributed by atoms with van der Waals surface area (Å²) < 4.78 is 38.8. The molecule has 0 spiro atoms. The van der Waals surface area contributed by atoms with E-state index in [4.69, 9.17) is 9.47 Å². The zero-order chi connectivity index (χ0) is 19.0. The number of thiazole rings is 1. The molecule has 9 heteroatoms. The Morgan fingerprint density at radius 2 is 1.96 bits per heavy atom. The third kappa shape index (κ3) is 3.86. The van der Waals surface area contributed by atoms with Crippen LogP contribution < -0.4 is 14.2 Å². The van der Waals surface area contributed by atoms with Crippen molar-refractivity contribution >= 4 is 32.7 Å². The molecule has 3 heterocycles. The first-order chi connectivity index (χ1) is 12.9. The highest BCUT2D eigenvalue weighted by molar-refractivity contribution is 7.91. The van der Waals surface area contributed by atoms with Crippen molar-refractivity contribution in [3.05, 3.63) is 46.3 Å². The van der Waals surface area contributed by atoms with Crippen molar-refractivity contribution in [2.45, 2.75) is 30.5 Å². The van der Waals surface area contributed by atoms with E-state index in [9.17, 15) is 8.42 Å². The Bertz CT molecular complexity index is 1070. The fourth-order valence-corrected chi connectivity index (χ4v) is 5.82. The molecule has 0 saturated heterocycles. The summed E-state index contributed by atoms with van der Waals surface area (Å²) in [5.41, 5.74) is 2.66. The van der Waals surface area contributed by atoms with Crippen LogP contribution in [-0.2, 0) is 16.6 Å². The molecule has 0 fully saturated rings. The summed E-state index contributed by atoms with van der Waals surface area (Å²) >= 11 is 2.73. The number of nitrogens with zero attached hydrogens (tertiary/aromatic N) is 1. The highest BCUT2D eigenvalue weighted by Gasteiger charge is 2.19. The van der Waals surface area contributed by atoms with E-state index in [-0.39, 0.29) is 17.5 Å². The quantitative estimate of drug-likeness (QED) is 0.644. The van der Waals surface area contributed by atoms with Gasteiger partial charge in [-0.15, -0.1) is 22.7 Å². The second kappa shape index (κ2) is 7.23. The minimum Gasteiger partial charge on any atom is -0.454 e. The minimum atomic E-state index is -3.60. The Labute approximate surface area is 165 Å². The normalized spacial score (nSPS) is 13.4. The first kappa shape index (κ1) is 18.4. The second-order valence-corrected chi connectivity index (χ2v) is 10.2. The molecule has 2 aromatic heterocycles. The summed E-state index contributed by atoms with van der Waals surface area (Å²) in [4.78, 5) is 4.59. The van der Waals surface area contributed by atoms with Gasteiger partial charge in [-0.1, -0.05) is 19.9 Å². The monoisotopic (exact) mass is 422 g/mol. The van der Waals surface area contributed by atoms with E-state index < -0.39 is 10.0 Å². The Morgan fingerprint density at radius 3 is 2.74 bits per heavy atom. The predicted octanol–water partition coefficient (Wildman–Crippen LogP) is 4.20. The topological polar surface area (TPSA) is 77.5 Å². The molecule has 0 aliphatic carbocycles. The summed E-state index contributed by atoms with van der Waals surface area (Å²) in [5, 5.41) is 4.69. The van der Waals surface area contributed by atoms with Crippen LogP contribution in [0.5, 0.6) is 11.5 Å². The van der Waals surface area contributed by atoms with E-state index in [1.54, 1.807) is 18.2 Å². The second-order valence-electron chi connectivity index (χ2n) is 6.40. The number of hydrogen-bond acceptors (Lipinski definition) is 7. The van der Waals surface area contributed by atoms with Crippen LogP contribution in [0, 0.1) is 0 Å². The van der Waals surface area contributed by atoms with Crippen LogP contribution in [0.2, 0.25) is 0 Å². The number of ether oxygens (including phenoxy) is 2. The van der Waals surface area contributed by atoms with Crippen molar-refractivity contribution in [3.8, 4) is 22.1 Å². The third-order valence-corrected chi connectivity index (χ3v) is 7.85. The van der Waals surface area contributed by atoms with Crippen LogP contribution in [0.4, 0.5) is 0 Å². The van der Waals surface area contributed by atoms with Crippen molar-refractivity contribution < 1.29 is 17.9 Å². The molecule has 142 valence electrons. The molecule has 0 amide bonds. The zero-order valence-electron chi connectivity index (χ0n) is 14.8. The lowest BCUT2D eigenvalue weighted by molar-refractivity contribution is 0.174. The first-order valence-electron chi connectivity index (χ1n) is 8.35. The maximum absolute atomic E-state index is 12.6. The van der Waals surface area contributed by atoms with Gasteiger partial charge >= 0.3 is 0 Å². The summed E-state index contributed by atoms with van der Waals surface area (Å²) in [6.45, 7) is 4.55. The van der Waals surface area contributed by atoms with Gasteiger partial charge in [0.1, 0.15) is 9.22 Å². The molecule has 0 unspecified atom stereocenters. The molecule has 0 bridgehead atoms. The number of thiophene rings is 1. The highest BCUT2D eigenvalue weighted by atomic mass is 32.2. The molecule has 0 saturated carbocycles. The predicted molar refractivity (Wildman–Crippen MR) is 106 cm³/mol. The molecule has 1 N–H and O–H groups in total. The fourth-order valence-electron chi connectivity index (χ4n) is 2.55. The molecule has 1 aliphatic rings. The molecular weight excluding hydrogens is 404 g/mol. The van der Waals surface area contributed by atoms with Crippen molar-refractivity contribution in [2.75, 3.05) is 6.79 Å². The third-order valence-electron chi connectivity index (χ3n) is 4.10.